The predicted octanol–water partition coefficient (Wildman–Crippen LogP) is 7.56. The molecule has 0 saturated heterocycles. The van der Waals surface area contributed by atoms with Crippen molar-refractivity contribution in [1.29, 1.82) is 0 Å². The van der Waals surface area contributed by atoms with Gasteiger partial charge in [0.1, 0.15) is 5.75 Å². The number of phenolic OH excluding ortho intramolecular Hbond substituents is 1. The summed E-state index contributed by atoms with van der Waals surface area (Å²) in [6.45, 7) is 7.76. The Labute approximate surface area is 230 Å². The summed E-state index contributed by atoms with van der Waals surface area (Å²) in [5, 5.41) is 20.8. The highest BCUT2D eigenvalue weighted by molar-refractivity contribution is 5.95. The van der Waals surface area contributed by atoms with E-state index < -0.39 is 76.4 Å². The van der Waals surface area contributed by atoms with Crippen molar-refractivity contribution in [2.75, 3.05) is 6.54 Å². The van der Waals surface area contributed by atoms with Gasteiger partial charge in [-0.3, -0.25) is 0 Å². The smallest absolute Gasteiger partial charge is 0.460 e. The van der Waals surface area contributed by atoms with Crippen LogP contribution in [0.3, 0.4) is 0 Å². The normalized spacial score (nSPS) is 20.0. The van der Waals surface area contributed by atoms with Crippen molar-refractivity contribution < 1.29 is 71.7 Å². The Hall–Kier alpha value is -2.53. The van der Waals surface area contributed by atoms with Gasteiger partial charge in [0.15, 0.2) is 5.84 Å². The van der Waals surface area contributed by atoms with E-state index in [0.29, 0.717) is 0 Å². The van der Waals surface area contributed by atoms with E-state index in [1.807, 2.05) is 0 Å². The summed E-state index contributed by atoms with van der Waals surface area (Å²) >= 11 is 0. The topological polar surface area (TPSA) is 56.1 Å². The Balaban J connectivity index is 2.75. The standard InChI is InChI=1S/C24H26F14N2O2/c1-16(2,3)12-9-11(10-13(14(12)41)17(4,5)6)7-8-40-15(18(25,26)19(27,28)22(33,34)35)39-24(40,42)21(31,32)20(29,30)23(36,37)38/h9-10,41-42H,7-8H2,1-6H3. The molecule has 0 aromatic heterocycles. The number of nitrogens with zero attached hydrogens (tertiary/aromatic N) is 2. The van der Waals surface area contributed by atoms with E-state index in [-0.39, 0.29) is 22.4 Å². The predicted molar refractivity (Wildman–Crippen MR) is 120 cm³/mol. The lowest BCUT2D eigenvalue weighted by Gasteiger charge is -2.52. The second kappa shape index (κ2) is 9.74. The third-order valence-electron chi connectivity index (χ3n) is 6.51. The highest BCUT2D eigenvalue weighted by Gasteiger charge is 2.86. The molecule has 42 heavy (non-hydrogen) atoms. The van der Waals surface area contributed by atoms with Gasteiger partial charge in [0.25, 0.3) is 0 Å². The SMILES string of the molecule is CC(C)(C)c1cc(CCN2C(C(F)(F)C(F)(F)C(F)(F)F)=NC2(O)C(F)(F)C(F)(F)C(F)(F)F)cc(C(C)(C)C)c1O. The summed E-state index contributed by atoms with van der Waals surface area (Å²) in [5.74, 6) is -36.4. The number of phenols is 1. The van der Waals surface area contributed by atoms with Crippen LogP contribution >= 0.6 is 0 Å². The van der Waals surface area contributed by atoms with E-state index >= 15 is 0 Å². The molecule has 0 saturated carbocycles. The van der Waals surface area contributed by atoms with Gasteiger partial charge in [0.05, 0.1) is 0 Å². The number of aliphatic imine (C=N–C) groups is 1. The first-order valence-electron chi connectivity index (χ1n) is 11.8. The van der Waals surface area contributed by atoms with E-state index in [1.54, 1.807) is 46.5 Å². The zero-order valence-electron chi connectivity index (χ0n) is 22.6. The molecule has 4 nitrogen and oxygen atoms in total. The maximum Gasteiger partial charge on any atom is 0.460 e. The van der Waals surface area contributed by atoms with Crippen LogP contribution < -0.4 is 0 Å². The summed E-state index contributed by atoms with van der Waals surface area (Å²) in [4.78, 5) is 0.546. The zero-order chi connectivity index (χ0) is 33.5. The number of hydrogen-bond donors (Lipinski definition) is 2. The second-order valence-corrected chi connectivity index (χ2v) is 11.8. The molecule has 0 aliphatic carbocycles. The molecule has 1 heterocycles. The number of rotatable bonds is 7. The lowest BCUT2D eigenvalue weighted by molar-refractivity contribution is -0.408. The fraction of sp³-hybridized carbons (Fsp3) is 0.708. The third kappa shape index (κ3) is 5.36. The molecule has 1 aromatic rings. The molecule has 1 aliphatic heterocycles. The van der Waals surface area contributed by atoms with Gasteiger partial charge in [-0.25, -0.2) is 4.99 Å². The second-order valence-electron chi connectivity index (χ2n) is 11.8. The number of amidine groups is 1. The van der Waals surface area contributed by atoms with Gasteiger partial charge in [-0.05, 0) is 33.9 Å². The summed E-state index contributed by atoms with van der Waals surface area (Å²) in [6, 6.07) is 2.29. The summed E-state index contributed by atoms with van der Waals surface area (Å²) in [7, 11) is 0. The molecule has 2 N–H and O–H groups in total. The molecule has 0 radical (unpaired) electrons. The van der Waals surface area contributed by atoms with Gasteiger partial charge < -0.3 is 15.1 Å². The van der Waals surface area contributed by atoms with Crippen LogP contribution in [0.4, 0.5) is 61.5 Å². The van der Waals surface area contributed by atoms with Gasteiger partial charge in [-0.1, -0.05) is 53.7 Å². The molecular formula is C24H26F14N2O2. The first kappa shape index (κ1) is 35.7. The molecule has 18 heteroatoms. The lowest BCUT2D eigenvalue weighted by Crippen LogP contribution is -2.79. The van der Waals surface area contributed by atoms with Crippen LogP contribution in [0.25, 0.3) is 0 Å². The lowest BCUT2D eigenvalue weighted by atomic mass is 9.78. The molecule has 0 spiro atoms. The molecule has 2 rings (SSSR count). The molecule has 0 amide bonds. The van der Waals surface area contributed by atoms with Crippen molar-refractivity contribution in [3.05, 3.63) is 28.8 Å². The number of aliphatic hydroxyl groups is 1. The Bertz CT molecular complexity index is 1190. The number of hydrogen-bond acceptors (Lipinski definition) is 4. The largest absolute Gasteiger partial charge is 0.507 e. The summed E-state index contributed by atoms with van der Waals surface area (Å²) in [6.07, 6.45) is -15.2. The average Bonchev–Trinajstić information content (AvgIpc) is 2.74. The molecule has 0 fully saturated rings. The van der Waals surface area contributed by atoms with Crippen LogP contribution in [0, 0.1) is 0 Å². The van der Waals surface area contributed by atoms with Crippen molar-refractivity contribution in [3.8, 4) is 5.75 Å². The molecular weight excluding hydrogens is 614 g/mol. The molecule has 1 unspecified atom stereocenters. The number of alkyl halides is 14. The highest BCUT2D eigenvalue weighted by Crippen LogP contribution is 2.58. The van der Waals surface area contributed by atoms with Crippen LogP contribution in [0.5, 0.6) is 5.75 Å². The Morgan fingerprint density at radius 3 is 1.40 bits per heavy atom. The minimum atomic E-state index is -7.22. The van der Waals surface area contributed by atoms with Crippen molar-refractivity contribution in [2.24, 2.45) is 4.99 Å². The molecule has 0 bridgehead atoms. The third-order valence-corrected chi connectivity index (χ3v) is 6.51. The fourth-order valence-electron chi connectivity index (χ4n) is 4.04. The van der Waals surface area contributed by atoms with Crippen molar-refractivity contribution in [3.63, 3.8) is 0 Å². The summed E-state index contributed by atoms with van der Waals surface area (Å²) in [5.41, 5.74) is -1.61. The first-order valence-corrected chi connectivity index (χ1v) is 11.8. The Morgan fingerprint density at radius 1 is 0.690 bits per heavy atom. The van der Waals surface area contributed by atoms with Crippen LogP contribution in [0.1, 0.15) is 58.2 Å². The summed E-state index contributed by atoms with van der Waals surface area (Å²) < 4.78 is 189. The van der Waals surface area contributed by atoms with Gasteiger partial charge in [-0.15, -0.1) is 0 Å². The number of aromatic hydroxyl groups is 1. The van der Waals surface area contributed by atoms with E-state index in [4.69, 9.17) is 0 Å². The molecule has 242 valence electrons. The van der Waals surface area contributed by atoms with Crippen LogP contribution in [-0.4, -0.2) is 69.4 Å². The Morgan fingerprint density at radius 2 is 1.07 bits per heavy atom. The van der Waals surface area contributed by atoms with E-state index in [2.05, 4.69) is 0 Å². The van der Waals surface area contributed by atoms with Crippen LogP contribution in [-0.2, 0) is 17.3 Å². The van der Waals surface area contributed by atoms with Crippen molar-refractivity contribution in [2.45, 2.75) is 101 Å². The number of halogens is 14. The van der Waals surface area contributed by atoms with Crippen LogP contribution in [0.15, 0.2) is 17.1 Å². The maximum absolute atomic E-state index is 14.5. The maximum atomic E-state index is 14.5. The number of benzene rings is 1. The highest BCUT2D eigenvalue weighted by atomic mass is 19.4. The fourth-order valence-corrected chi connectivity index (χ4v) is 4.04. The Kier molecular flexibility index (Phi) is 8.27. The minimum absolute atomic E-state index is 0.131. The van der Waals surface area contributed by atoms with Crippen LogP contribution in [0.2, 0.25) is 0 Å². The van der Waals surface area contributed by atoms with Crippen molar-refractivity contribution in [1.82, 2.24) is 4.90 Å². The minimum Gasteiger partial charge on any atom is -0.507 e. The molecule has 1 atom stereocenters. The van der Waals surface area contributed by atoms with Gasteiger partial charge in [0.2, 0.25) is 0 Å². The van der Waals surface area contributed by atoms with Gasteiger partial charge in [-0.2, -0.15) is 61.5 Å². The quantitative estimate of drug-likeness (QED) is 0.303. The van der Waals surface area contributed by atoms with E-state index in [9.17, 15) is 71.7 Å². The zero-order valence-corrected chi connectivity index (χ0v) is 22.6. The average molecular weight is 640 g/mol. The monoisotopic (exact) mass is 640 g/mol. The molecule has 1 aromatic carbocycles. The molecule has 1 aliphatic rings. The first-order chi connectivity index (χ1) is 18.2. The van der Waals surface area contributed by atoms with Gasteiger partial charge >= 0.3 is 41.9 Å². The van der Waals surface area contributed by atoms with Gasteiger partial charge in [0, 0.05) is 6.54 Å². The van der Waals surface area contributed by atoms with E-state index in [0.717, 1.165) is 12.1 Å². The van der Waals surface area contributed by atoms with E-state index in [1.165, 1.54) is 0 Å². The van der Waals surface area contributed by atoms with Crippen molar-refractivity contribution >= 4 is 5.84 Å².